The van der Waals surface area contributed by atoms with Crippen molar-refractivity contribution >= 4 is 28.4 Å². The van der Waals surface area contributed by atoms with E-state index in [2.05, 4.69) is 10.3 Å². The number of fused-ring (bicyclic) bond motifs is 1. The molecule has 144 valence electrons. The molecule has 7 heteroatoms. The third kappa shape index (κ3) is 4.09. The van der Waals surface area contributed by atoms with Crippen LogP contribution < -0.4 is 10.9 Å². The number of benzene rings is 2. The second-order valence-electron chi connectivity index (χ2n) is 6.30. The molecule has 1 N–H and O–H groups in total. The Morgan fingerprint density at radius 3 is 2.39 bits per heavy atom. The number of nitrogens with one attached hydrogen (secondary N) is 1. The van der Waals surface area contributed by atoms with Crippen molar-refractivity contribution in [3.63, 3.8) is 0 Å². The molecule has 2 amide bonds. The summed E-state index contributed by atoms with van der Waals surface area (Å²) in [6, 6.07) is 13.7. The lowest BCUT2D eigenvalue weighted by Crippen LogP contribution is -2.30. The number of carbonyl (C=O) groups is 2. The number of carbonyl (C=O) groups excluding carboxylic acids is 2. The van der Waals surface area contributed by atoms with Crippen molar-refractivity contribution < 1.29 is 9.59 Å². The monoisotopic (exact) mass is 378 g/mol. The Morgan fingerprint density at radius 1 is 1.04 bits per heavy atom. The molecule has 0 saturated carbocycles. The molecule has 0 radical (unpaired) electrons. The van der Waals surface area contributed by atoms with Crippen molar-refractivity contribution in [1.82, 2.24) is 14.5 Å². The predicted molar refractivity (Wildman–Crippen MR) is 108 cm³/mol. The van der Waals surface area contributed by atoms with Crippen LogP contribution in [0, 0.1) is 0 Å². The molecule has 0 spiro atoms. The lowest BCUT2D eigenvalue weighted by atomic mass is 10.1. The topological polar surface area (TPSA) is 84.3 Å². The number of amides is 2. The highest BCUT2D eigenvalue weighted by Gasteiger charge is 2.13. The molecule has 2 aromatic carbocycles. The quantitative estimate of drug-likeness (QED) is 0.714. The Hall–Kier alpha value is -3.48. The van der Waals surface area contributed by atoms with Gasteiger partial charge in [-0.3, -0.25) is 19.0 Å². The highest BCUT2D eigenvalue weighted by Crippen LogP contribution is 2.12. The van der Waals surface area contributed by atoms with E-state index in [9.17, 15) is 14.4 Å². The van der Waals surface area contributed by atoms with Gasteiger partial charge in [-0.05, 0) is 50.2 Å². The van der Waals surface area contributed by atoms with Crippen molar-refractivity contribution in [1.29, 1.82) is 0 Å². The standard InChI is InChI=1S/C21H22N4O3/c1-3-24(4-2)20(27)15-9-11-16(12-10-15)23-19(26)13-25-14-22-18-8-6-5-7-17(18)21(25)28/h5-12,14H,3-4,13H2,1-2H3,(H,23,26). The Labute approximate surface area is 162 Å². The minimum atomic E-state index is -0.345. The summed E-state index contributed by atoms with van der Waals surface area (Å²) in [7, 11) is 0. The molecule has 0 aliphatic rings. The van der Waals surface area contributed by atoms with Crippen LogP contribution in [0.25, 0.3) is 10.9 Å². The van der Waals surface area contributed by atoms with Gasteiger partial charge in [0.2, 0.25) is 5.91 Å². The van der Waals surface area contributed by atoms with E-state index in [1.165, 1.54) is 10.9 Å². The third-order valence-corrected chi connectivity index (χ3v) is 4.51. The van der Waals surface area contributed by atoms with Gasteiger partial charge in [0, 0.05) is 24.3 Å². The first-order valence-corrected chi connectivity index (χ1v) is 9.16. The zero-order valence-corrected chi connectivity index (χ0v) is 15.9. The van der Waals surface area contributed by atoms with Crippen LogP contribution in [0.15, 0.2) is 59.7 Å². The van der Waals surface area contributed by atoms with Crippen LogP contribution in [-0.2, 0) is 11.3 Å². The third-order valence-electron chi connectivity index (χ3n) is 4.51. The highest BCUT2D eigenvalue weighted by atomic mass is 16.2. The second-order valence-corrected chi connectivity index (χ2v) is 6.30. The summed E-state index contributed by atoms with van der Waals surface area (Å²) in [6.45, 7) is 5.00. The molecule has 3 rings (SSSR count). The molecular weight excluding hydrogens is 356 g/mol. The zero-order chi connectivity index (χ0) is 20.1. The van der Waals surface area contributed by atoms with Gasteiger partial charge in [0.05, 0.1) is 17.2 Å². The minimum Gasteiger partial charge on any atom is -0.339 e. The van der Waals surface area contributed by atoms with E-state index in [4.69, 9.17) is 0 Å². The van der Waals surface area contributed by atoms with Crippen LogP contribution in [0.1, 0.15) is 24.2 Å². The van der Waals surface area contributed by atoms with Crippen LogP contribution in [0.5, 0.6) is 0 Å². The van der Waals surface area contributed by atoms with E-state index in [1.54, 1.807) is 53.4 Å². The van der Waals surface area contributed by atoms with Gasteiger partial charge >= 0.3 is 0 Å². The molecule has 28 heavy (non-hydrogen) atoms. The van der Waals surface area contributed by atoms with E-state index in [0.717, 1.165) is 0 Å². The maximum absolute atomic E-state index is 12.5. The predicted octanol–water partition coefficient (Wildman–Crippen LogP) is 2.52. The fraction of sp³-hybridized carbons (Fsp3) is 0.238. The molecule has 3 aromatic rings. The number of anilines is 1. The normalized spacial score (nSPS) is 10.6. The van der Waals surface area contributed by atoms with E-state index < -0.39 is 0 Å². The molecule has 0 aliphatic heterocycles. The number of nitrogens with zero attached hydrogens (tertiary/aromatic N) is 3. The first kappa shape index (κ1) is 19.3. The first-order valence-electron chi connectivity index (χ1n) is 9.16. The second kappa shape index (κ2) is 8.47. The Morgan fingerprint density at radius 2 is 1.71 bits per heavy atom. The van der Waals surface area contributed by atoms with Gasteiger partial charge in [-0.15, -0.1) is 0 Å². The summed E-state index contributed by atoms with van der Waals surface area (Å²) < 4.78 is 1.27. The first-order chi connectivity index (χ1) is 13.5. The molecule has 0 fully saturated rings. The molecular formula is C21H22N4O3. The van der Waals surface area contributed by atoms with Gasteiger partial charge in [-0.25, -0.2) is 4.98 Å². The lowest BCUT2D eigenvalue weighted by Gasteiger charge is -2.18. The summed E-state index contributed by atoms with van der Waals surface area (Å²) >= 11 is 0. The van der Waals surface area contributed by atoms with Crippen LogP contribution >= 0.6 is 0 Å². The van der Waals surface area contributed by atoms with Gasteiger partial charge < -0.3 is 10.2 Å². The Balaban J connectivity index is 1.69. The largest absolute Gasteiger partial charge is 0.339 e. The van der Waals surface area contributed by atoms with E-state index in [1.807, 2.05) is 13.8 Å². The molecule has 0 unspecified atom stereocenters. The van der Waals surface area contributed by atoms with Crippen molar-refractivity contribution in [3.05, 3.63) is 70.8 Å². The Kier molecular flexibility index (Phi) is 5.84. The van der Waals surface area contributed by atoms with Crippen LogP contribution in [0.3, 0.4) is 0 Å². The highest BCUT2D eigenvalue weighted by molar-refractivity contribution is 5.95. The number of para-hydroxylation sites is 1. The summed E-state index contributed by atoms with van der Waals surface area (Å²) in [4.78, 5) is 43.0. The van der Waals surface area contributed by atoms with Crippen LogP contribution in [0.2, 0.25) is 0 Å². The van der Waals surface area contributed by atoms with Gasteiger partial charge in [0.15, 0.2) is 0 Å². The van der Waals surface area contributed by atoms with Gasteiger partial charge in [-0.2, -0.15) is 0 Å². The van der Waals surface area contributed by atoms with Crippen molar-refractivity contribution in [2.75, 3.05) is 18.4 Å². The van der Waals surface area contributed by atoms with Gasteiger partial charge in [-0.1, -0.05) is 12.1 Å². The maximum Gasteiger partial charge on any atom is 0.261 e. The number of hydrogen-bond acceptors (Lipinski definition) is 4. The van der Waals surface area contributed by atoms with E-state index >= 15 is 0 Å². The summed E-state index contributed by atoms with van der Waals surface area (Å²) in [5, 5.41) is 3.21. The fourth-order valence-electron chi connectivity index (χ4n) is 2.96. The van der Waals surface area contributed by atoms with Gasteiger partial charge in [0.25, 0.3) is 11.5 Å². The molecule has 0 bridgehead atoms. The van der Waals surface area contributed by atoms with Crippen LogP contribution in [-0.4, -0.2) is 39.4 Å². The van der Waals surface area contributed by atoms with Crippen molar-refractivity contribution in [2.45, 2.75) is 20.4 Å². The van der Waals surface area contributed by atoms with E-state index in [-0.39, 0.29) is 23.9 Å². The van der Waals surface area contributed by atoms with E-state index in [0.29, 0.717) is 35.2 Å². The minimum absolute atomic E-state index is 0.0448. The fourth-order valence-corrected chi connectivity index (χ4v) is 2.96. The summed E-state index contributed by atoms with van der Waals surface area (Å²) in [5.41, 5.74) is 1.46. The lowest BCUT2D eigenvalue weighted by molar-refractivity contribution is -0.116. The molecule has 1 heterocycles. The molecule has 0 saturated heterocycles. The summed E-state index contributed by atoms with van der Waals surface area (Å²) in [5.74, 6) is -0.390. The maximum atomic E-state index is 12.5. The van der Waals surface area contributed by atoms with Crippen molar-refractivity contribution in [3.8, 4) is 0 Å². The number of hydrogen-bond donors (Lipinski definition) is 1. The summed E-state index contributed by atoms with van der Waals surface area (Å²) in [6.07, 6.45) is 1.37. The molecule has 7 nitrogen and oxygen atoms in total. The molecule has 1 aromatic heterocycles. The number of rotatable bonds is 6. The SMILES string of the molecule is CCN(CC)C(=O)c1ccc(NC(=O)Cn2cnc3ccccc3c2=O)cc1. The molecule has 0 atom stereocenters. The molecule has 0 aliphatic carbocycles. The van der Waals surface area contributed by atoms with Crippen LogP contribution in [0.4, 0.5) is 5.69 Å². The zero-order valence-electron chi connectivity index (χ0n) is 15.9. The number of aromatic nitrogens is 2. The smallest absolute Gasteiger partial charge is 0.261 e. The van der Waals surface area contributed by atoms with Crippen molar-refractivity contribution in [2.24, 2.45) is 0 Å². The average molecular weight is 378 g/mol. The van der Waals surface area contributed by atoms with Gasteiger partial charge in [0.1, 0.15) is 6.54 Å². The Bertz CT molecular complexity index is 1050. The average Bonchev–Trinajstić information content (AvgIpc) is 2.71.